The Balaban J connectivity index is 2.44. The van der Waals surface area contributed by atoms with Gasteiger partial charge >= 0.3 is 0 Å². The van der Waals surface area contributed by atoms with Crippen molar-refractivity contribution in [1.29, 1.82) is 0 Å². The maximum Gasteiger partial charge on any atom is 0.137 e. The molecule has 108 valence electrons. The summed E-state index contributed by atoms with van der Waals surface area (Å²) in [4.78, 5) is 0. The molecule has 2 aromatic rings. The molecule has 0 saturated heterocycles. The third-order valence-corrected chi connectivity index (χ3v) is 4.31. The summed E-state index contributed by atoms with van der Waals surface area (Å²) in [5.41, 5.74) is 2.02. The average molecular weight is 405 g/mol. The highest BCUT2D eigenvalue weighted by molar-refractivity contribution is 9.10. The van der Waals surface area contributed by atoms with Gasteiger partial charge in [0.15, 0.2) is 0 Å². The van der Waals surface area contributed by atoms with Gasteiger partial charge in [-0.3, -0.25) is 4.68 Å². The Morgan fingerprint density at radius 3 is 2.65 bits per heavy atom. The van der Waals surface area contributed by atoms with Crippen LogP contribution in [0.3, 0.4) is 0 Å². The van der Waals surface area contributed by atoms with E-state index in [-0.39, 0.29) is 11.9 Å². The number of halogens is 3. The normalized spacial score (nSPS) is 12.7. The summed E-state index contributed by atoms with van der Waals surface area (Å²) in [5, 5.41) is 7.74. The lowest BCUT2D eigenvalue weighted by molar-refractivity contribution is 0.549. The fourth-order valence-corrected chi connectivity index (χ4v) is 3.07. The minimum atomic E-state index is -0.257. The van der Waals surface area contributed by atoms with Gasteiger partial charge in [0, 0.05) is 7.05 Å². The maximum absolute atomic E-state index is 13.4. The van der Waals surface area contributed by atoms with Crippen molar-refractivity contribution in [3.8, 4) is 0 Å². The summed E-state index contributed by atoms with van der Waals surface area (Å²) in [6, 6.07) is 5.05. The quantitative estimate of drug-likeness (QED) is 0.810. The van der Waals surface area contributed by atoms with Crippen LogP contribution in [0, 0.1) is 5.82 Å². The molecule has 0 aliphatic carbocycles. The predicted molar refractivity (Wildman–Crippen MR) is 85.1 cm³/mol. The molecule has 3 nitrogen and oxygen atoms in total. The number of nitrogens with zero attached hydrogens (tertiary/aromatic N) is 2. The van der Waals surface area contributed by atoms with Gasteiger partial charge in [-0.15, -0.1) is 0 Å². The second-order valence-corrected chi connectivity index (χ2v) is 6.27. The molecule has 1 atom stereocenters. The second-order valence-electron chi connectivity index (χ2n) is 4.56. The van der Waals surface area contributed by atoms with Crippen LogP contribution in [0.15, 0.2) is 33.3 Å². The summed E-state index contributed by atoms with van der Waals surface area (Å²) in [5.74, 6) is -0.257. The minimum absolute atomic E-state index is 0.0336. The number of hydrogen-bond donors (Lipinski definition) is 1. The van der Waals surface area contributed by atoms with E-state index in [4.69, 9.17) is 0 Å². The zero-order valence-corrected chi connectivity index (χ0v) is 14.5. The van der Waals surface area contributed by atoms with E-state index in [1.54, 1.807) is 12.3 Å². The molecule has 0 bridgehead atoms. The van der Waals surface area contributed by atoms with Crippen LogP contribution in [0.2, 0.25) is 0 Å². The molecular formula is C14H16Br2FN3. The highest BCUT2D eigenvalue weighted by atomic mass is 79.9. The summed E-state index contributed by atoms with van der Waals surface area (Å²) >= 11 is 6.78. The molecule has 0 fully saturated rings. The molecule has 0 spiro atoms. The number of benzene rings is 1. The Labute approximate surface area is 134 Å². The van der Waals surface area contributed by atoms with Gasteiger partial charge in [0.25, 0.3) is 0 Å². The molecule has 1 N–H and O–H groups in total. The third kappa shape index (κ3) is 3.30. The molecular weight excluding hydrogens is 389 g/mol. The first-order valence-corrected chi connectivity index (χ1v) is 7.99. The van der Waals surface area contributed by atoms with Crippen LogP contribution >= 0.6 is 31.9 Å². The van der Waals surface area contributed by atoms with Gasteiger partial charge in [-0.05, 0) is 62.5 Å². The maximum atomic E-state index is 13.4. The van der Waals surface area contributed by atoms with Crippen LogP contribution in [0.5, 0.6) is 0 Å². The smallest absolute Gasteiger partial charge is 0.137 e. The van der Waals surface area contributed by atoms with Gasteiger partial charge < -0.3 is 5.32 Å². The van der Waals surface area contributed by atoms with E-state index in [2.05, 4.69) is 49.2 Å². The van der Waals surface area contributed by atoms with Crippen LogP contribution < -0.4 is 5.32 Å². The van der Waals surface area contributed by atoms with Gasteiger partial charge in [0.2, 0.25) is 0 Å². The zero-order chi connectivity index (χ0) is 14.7. The van der Waals surface area contributed by atoms with E-state index in [0.29, 0.717) is 4.47 Å². The van der Waals surface area contributed by atoms with E-state index in [0.717, 1.165) is 28.7 Å². The molecule has 0 radical (unpaired) electrons. The predicted octanol–water partition coefficient (Wildman–Crippen LogP) is 4.17. The lowest BCUT2D eigenvalue weighted by Crippen LogP contribution is -2.25. The largest absolute Gasteiger partial charge is 0.305 e. The van der Waals surface area contributed by atoms with Gasteiger partial charge in [-0.1, -0.05) is 13.0 Å². The Morgan fingerprint density at radius 1 is 1.35 bits per heavy atom. The fourth-order valence-electron chi connectivity index (χ4n) is 2.10. The van der Waals surface area contributed by atoms with Gasteiger partial charge in [0.05, 0.1) is 26.9 Å². The average Bonchev–Trinajstić information content (AvgIpc) is 2.75. The van der Waals surface area contributed by atoms with Crippen molar-refractivity contribution >= 4 is 31.9 Å². The zero-order valence-electron chi connectivity index (χ0n) is 11.3. The van der Waals surface area contributed by atoms with E-state index >= 15 is 0 Å². The Bertz CT molecular complexity index is 579. The van der Waals surface area contributed by atoms with Gasteiger partial charge in [-0.25, -0.2) is 4.39 Å². The Kier molecular flexibility index (Phi) is 5.35. The van der Waals surface area contributed by atoms with Crippen LogP contribution in [0.4, 0.5) is 4.39 Å². The molecule has 1 unspecified atom stereocenters. The number of aromatic nitrogens is 2. The van der Waals surface area contributed by atoms with Crippen molar-refractivity contribution < 1.29 is 4.39 Å². The van der Waals surface area contributed by atoms with Crippen molar-refractivity contribution in [2.75, 3.05) is 6.54 Å². The number of rotatable bonds is 5. The summed E-state index contributed by atoms with van der Waals surface area (Å²) in [7, 11) is 1.90. The first-order chi connectivity index (χ1) is 9.54. The summed E-state index contributed by atoms with van der Waals surface area (Å²) in [6.07, 6.45) is 2.79. The van der Waals surface area contributed by atoms with Crippen LogP contribution in [-0.4, -0.2) is 16.3 Å². The SMILES string of the molecule is CCCNC(c1ccc(F)c(Br)c1)c1c(Br)cnn1C. The molecule has 20 heavy (non-hydrogen) atoms. The molecule has 0 amide bonds. The van der Waals surface area contributed by atoms with E-state index in [9.17, 15) is 4.39 Å². The highest BCUT2D eigenvalue weighted by Crippen LogP contribution is 2.30. The first kappa shape index (κ1) is 15.7. The van der Waals surface area contributed by atoms with Gasteiger partial charge in [0.1, 0.15) is 5.82 Å². The van der Waals surface area contributed by atoms with Crippen molar-refractivity contribution in [3.05, 3.63) is 50.4 Å². The van der Waals surface area contributed by atoms with Crippen LogP contribution in [-0.2, 0) is 7.05 Å². The monoisotopic (exact) mass is 403 g/mol. The first-order valence-electron chi connectivity index (χ1n) is 6.40. The number of aryl methyl sites for hydroxylation is 1. The van der Waals surface area contributed by atoms with Crippen molar-refractivity contribution in [1.82, 2.24) is 15.1 Å². The molecule has 0 saturated carbocycles. The summed E-state index contributed by atoms with van der Waals surface area (Å²) < 4.78 is 16.7. The van der Waals surface area contributed by atoms with Crippen molar-refractivity contribution in [3.63, 3.8) is 0 Å². The Morgan fingerprint density at radius 2 is 2.10 bits per heavy atom. The van der Waals surface area contributed by atoms with Crippen LogP contribution in [0.1, 0.15) is 30.6 Å². The standard InChI is InChI=1S/C14H16Br2FN3/c1-3-6-18-13(14-11(16)8-19-20(14)2)9-4-5-12(17)10(15)7-9/h4-5,7-8,13,18H,3,6H2,1-2H3. The number of nitrogens with one attached hydrogen (secondary N) is 1. The van der Waals surface area contributed by atoms with Crippen molar-refractivity contribution in [2.45, 2.75) is 19.4 Å². The topological polar surface area (TPSA) is 29.9 Å². The molecule has 6 heteroatoms. The van der Waals surface area contributed by atoms with Crippen LogP contribution in [0.25, 0.3) is 0 Å². The Hall–Kier alpha value is -0.720. The lowest BCUT2D eigenvalue weighted by Gasteiger charge is -2.20. The van der Waals surface area contributed by atoms with E-state index in [1.807, 2.05) is 17.8 Å². The fraction of sp³-hybridized carbons (Fsp3) is 0.357. The third-order valence-electron chi connectivity index (χ3n) is 3.09. The molecule has 2 rings (SSSR count). The molecule has 1 aromatic carbocycles. The lowest BCUT2D eigenvalue weighted by atomic mass is 10.0. The van der Waals surface area contributed by atoms with Crippen molar-refractivity contribution in [2.24, 2.45) is 7.05 Å². The number of hydrogen-bond acceptors (Lipinski definition) is 2. The molecule has 1 aromatic heterocycles. The molecule has 0 aliphatic rings. The molecule has 1 heterocycles. The van der Waals surface area contributed by atoms with E-state index in [1.165, 1.54) is 6.07 Å². The summed E-state index contributed by atoms with van der Waals surface area (Å²) in [6.45, 7) is 2.99. The van der Waals surface area contributed by atoms with Gasteiger partial charge in [-0.2, -0.15) is 5.10 Å². The molecule has 0 aliphatic heterocycles. The van der Waals surface area contributed by atoms with E-state index < -0.39 is 0 Å². The minimum Gasteiger partial charge on any atom is -0.305 e. The highest BCUT2D eigenvalue weighted by Gasteiger charge is 2.21. The second kappa shape index (κ2) is 6.83.